The Labute approximate surface area is 144 Å². The maximum Gasteiger partial charge on any atom is 0.276 e. The fourth-order valence-electron chi connectivity index (χ4n) is 2.00. The van der Waals surface area contributed by atoms with Crippen LogP contribution in [-0.2, 0) is 16.0 Å². The second-order valence-corrected chi connectivity index (χ2v) is 5.09. The average Bonchev–Trinajstić information content (AvgIpc) is 2.63. The second-order valence-electron chi connectivity index (χ2n) is 5.09. The molecule has 0 aromatic heterocycles. The Morgan fingerprint density at radius 1 is 0.960 bits per heavy atom. The number of ether oxygens (including phenoxy) is 2. The van der Waals surface area contributed by atoms with Crippen molar-refractivity contribution < 1.29 is 23.5 Å². The Kier molecular flexibility index (Phi) is 6.76. The normalized spacial score (nSPS) is 10.0. The molecule has 7 heteroatoms. The largest absolute Gasteiger partial charge is 0.484 e. The van der Waals surface area contributed by atoms with E-state index in [4.69, 9.17) is 9.47 Å². The highest BCUT2D eigenvalue weighted by Crippen LogP contribution is 2.17. The van der Waals surface area contributed by atoms with E-state index >= 15 is 0 Å². The summed E-state index contributed by atoms with van der Waals surface area (Å²) < 4.78 is 23.5. The number of rotatable bonds is 7. The van der Waals surface area contributed by atoms with Crippen LogP contribution in [0.4, 0.5) is 4.39 Å². The first-order chi connectivity index (χ1) is 12.1. The monoisotopic (exact) mass is 346 g/mol. The molecule has 2 aromatic carbocycles. The van der Waals surface area contributed by atoms with E-state index in [1.807, 2.05) is 25.1 Å². The van der Waals surface area contributed by atoms with Gasteiger partial charge in [0.25, 0.3) is 11.8 Å². The summed E-state index contributed by atoms with van der Waals surface area (Å²) in [6.45, 7) is 1.40. The van der Waals surface area contributed by atoms with Crippen LogP contribution in [0.2, 0.25) is 0 Å². The van der Waals surface area contributed by atoms with Crippen molar-refractivity contribution in [3.05, 3.63) is 59.9 Å². The zero-order valence-electron chi connectivity index (χ0n) is 13.8. The van der Waals surface area contributed by atoms with Gasteiger partial charge in [-0.1, -0.05) is 31.2 Å². The van der Waals surface area contributed by atoms with Crippen molar-refractivity contribution in [1.29, 1.82) is 0 Å². The van der Waals surface area contributed by atoms with E-state index in [1.54, 1.807) is 6.07 Å². The number of hydrogen-bond donors (Lipinski definition) is 2. The van der Waals surface area contributed by atoms with Crippen molar-refractivity contribution in [2.24, 2.45) is 0 Å². The van der Waals surface area contributed by atoms with Gasteiger partial charge in [0.2, 0.25) is 0 Å². The number of hydrazine groups is 1. The van der Waals surface area contributed by atoms with E-state index in [1.165, 1.54) is 18.2 Å². The first kappa shape index (κ1) is 18.3. The molecule has 25 heavy (non-hydrogen) atoms. The lowest BCUT2D eigenvalue weighted by atomic mass is 10.1. The minimum absolute atomic E-state index is 0.223. The van der Waals surface area contributed by atoms with Gasteiger partial charge in [-0.25, -0.2) is 4.39 Å². The number of benzene rings is 2. The molecule has 0 heterocycles. The number of carbonyl (C=O) groups is 2. The lowest BCUT2D eigenvalue weighted by molar-refractivity contribution is -0.131. The van der Waals surface area contributed by atoms with E-state index in [0.717, 1.165) is 18.1 Å². The quantitative estimate of drug-likeness (QED) is 0.752. The van der Waals surface area contributed by atoms with Crippen LogP contribution in [0.5, 0.6) is 11.5 Å². The maximum absolute atomic E-state index is 13.0. The molecule has 0 atom stereocenters. The Morgan fingerprint density at radius 2 is 1.64 bits per heavy atom. The Morgan fingerprint density at radius 3 is 2.32 bits per heavy atom. The predicted octanol–water partition coefficient (Wildman–Crippen LogP) is 1.99. The van der Waals surface area contributed by atoms with Gasteiger partial charge in [-0.3, -0.25) is 20.4 Å². The Balaban J connectivity index is 1.69. The van der Waals surface area contributed by atoms with Gasteiger partial charge in [0.1, 0.15) is 17.3 Å². The third kappa shape index (κ3) is 6.14. The summed E-state index contributed by atoms with van der Waals surface area (Å²) in [7, 11) is 0. The lowest BCUT2D eigenvalue weighted by Crippen LogP contribution is -2.45. The molecule has 0 bridgehead atoms. The zero-order chi connectivity index (χ0) is 18.1. The fourth-order valence-corrected chi connectivity index (χ4v) is 2.00. The average molecular weight is 346 g/mol. The van der Waals surface area contributed by atoms with Crippen molar-refractivity contribution in [3.63, 3.8) is 0 Å². The molecular formula is C18H19FN2O4. The topological polar surface area (TPSA) is 76.7 Å². The molecule has 0 aliphatic heterocycles. The summed E-state index contributed by atoms with van der Waals surface area (Å²) >= 11 is 0. The first-order valence-corrected chi connectivity index (χ1v) is 7.75. The molecule has 0 aliphatic carbocycles. The first-order valence-electron chi connectivity index (χ1n) is 7.75. The third-order valence-electron chi connectivity index (χ3n) is 3.22. The molecule has 0 fully saturated rings. The Hall–Kier alpha value is -3.09. The van der Waals surface area contributed by atoms with Crippen molar-refractivity contribution in [1.82, 2.24) is 10.9 Å². The molecule has 0 saturated carbocycles. The van der Waals surface area contributed by atoms with Gasteiger partial charge in [0, 0.05) is 6.07 Å². The summed E-state index contributed by atoms with van der Waals surface area (Å²) in [6, 6.07) is 12.8. The number of amides is 2. The van der Waals surface area contributed by atoms with E-state index in [0.29, 0.717) is 5.75 Å². The minimum atomic E-state index is -0.577. The van der Waals surface area contributed by atoms with Crippen molar-refractivity contribution in [2.45, 2.75) is 13.3 Å². The highest BCUT2D eigenvalue weighted by molar-refractivity contribution is 5.83. The van der Waals surface area contributed by atoms with E-state index in [9.17, 15) is 14.0 Å². The van der Waals surface area contributed by atoms with Crippen molar-refractivity contribution >= 4 is 11.8 Å². The molecular weight excluding hydrogens is 327 g/mol. The molecule has 0 unspecified atom stereocenters. The molecule has 2 rings (SSSR count). The molecule has 132 valence electrons. The molecule has 0 saturated heterocycles. The standard InChI is InChI=1S/C18H19FN2O4/c1-2-13-6-3-4-9-16(13)25-12-18(23)21-20-17(22)11-24-15-8-5-7-14(19)10-15/h3-10H,2,11-12H2,1H3,(H,20,22)(H,21,23). The van der Waals surface area contributed by atoms with Crippen LogP contribution in [0.3, 0.4) is 0 Å². The predicted molar refractivity (Wildman–Crippen MR) is 89.5 cm³/mol. The van der Waals surface area contributed by atoms with Gasteiger partial charge < -0.3 is 9.47 Å². The van der Waals surface area contributed by atoms with Gasteiger partial charge >= 0.3 is 0 Å². The van der Waals surface area contributed by atoms with E-state index in [2.05, 4.69) is 10.9 Å². The zero-order valence-corrected chi connectivity index (χ0v) is 13.8. The van der Waals surface area contributed by atoms with Crippen LogP contribution in [-0.4, -0.2) is 25.0 Å². The lowest BCUT2D eigenvalue weighted by Gasteiger charge is -2.11. The minimum Gasteiger partial charge on any atom is -0.484 e. The molecule has 2 aromatic rings. The van der Waals surface area contributed by atoms with Gasteiger partial charge in [-0.15, -0.1) is 0 Å². The molecule has 0 radical (unpaired) electrons. The van der Waals surface area contributed by atoms with Gasteiger partial charge in [-0.05, 0) is 30.2 Å². The number of para-hydroxylation sites is 1. The summed E-state index contributed by atoms with van der Waals surface area (Å²) in [6.07, 6.45) is 0.784. The number of halogens is 1. The molecule has 0 aliphatic rings. The van der Waals surface area contributed by atoms with Crippen LogP contribution in [0, 0.1) is 5.82 Å². The van der Waals surface area contributed by atoms with Crippen molar-refractivity contribution in [3.8, 4) is 11.5 Å². The summed E-state index contributed by atoms with van der Waals surface area (Å²) in [5, 5.41) is 0. The smallest absolute Gasteiger partial charge is 0.276 e. The highest BCUT2D eigenvalue weighted by Gasteiger charge is 2.08. The SMILES string of the molecule is CCc1ccccc1OCC(=O)NNC(=O)COc1cccc(F)c1. The van der Waals surface area contributed by atoms with Gasteiger partial charge in [-0.2, -0.15) is 0 Å². The van der Waals surface area contributed by atoms with Crippen LogP contribution in [0.15, 0.2) is 48.5 Å². The summed E-state index contributed by atoms with van der Waals surface area (Å²) in [5.41, 5.74) is 5.40. The third-order valence-corrected chi connectivity index (χ3v) is 3.22. The van der Waals surface area contributed by atoms with Crippen LogP contribution in [0.25, 0.3) is 0 Å². The number of nitrogens with one attached hydrogen (secondary N) is 2. The fraction of sp³-hybridized carbons (Fsp3) is 0.222. The van der Waals surface area contributed by atoms with Crippen LogP contribution < -0.4 is 20.3 Å². The second kappa shape index (κ2) is 9.27. The number of hydrogen-bond acceptors (Lipinski definition) is 4. The maximum atomic E-state index is 13.0. The molecule has 6 nitrogen and oxygen atoms in total. The number of aryl methyl sites for hydroxylation is 1. The molecule has 2 amide bonds. The van der Waals surface area contributed by atoms with Gasteiger partial charge in [0.15, 0.2) is 13.2 Å². The Bertz CT molecular complexity index is 737. The van der Waals surface area contributed by atoms with Crippen molar-refractivity contribution in [2.75, 3.05) is 13.2 Å². The summed E-state index contributed by atoms with van der Waals surface area (Å²) in [5.74, 6) is -0.700. The van der Waals surface area contributed by atoms with E-state index in [-0.39, 0.29) is 19.0 Å². The van der Waals surface area contributed by atoms with Gasteiger partial charge in [0.05, 0.1) is 0 Å². The van der Waals surface area contributed by atoms with E-state index < -0.39 is 17.6 Å². The van der Waals surface area contributed by atoms with Crippen LogP contribution in [0.1, 0.15) is 12.5 Å². The molecule has 0 spiro atoms. The summed E-state index contributed by atoms with van der Waals surface area (Å²) in [4.78, 5) is 23.3. The number of carbonyl (C=O) groups excluding carboxylic acids is 2. The molecule has 2 N–H and O–H groups in total. The van der Waals surface area contributed by atoms with Crippen LogP contribution >= 0.6 is 0 Å². The highest BCUT2D eigenvalue weighted by atomic mass is 19.1.